The Hall–Kier alpha value is 6.72. The standard InChI is InChI=1S/C102H96O24.24Hf/c103-79-31-81(105)57-19-55(79)43-7-1-8-44-56-20-58(82(106)32-80(56)104)46-10-3-14-50-62-22-60(84(108)34-86(62)110)48(70-26-68(44)92(116)38-94(70)118)12-5-16-52-64-24-66(90(114)36-88(64)112)54(78-29-74(50)98(122)41-102(78)126)18-6-17-53-65-23-63(87(111)35-89(65)113)51(75-30-76(52)100(124)42-99(75)123)15-4-11-47(69-25-67(43)91(115)37-93(69)117)59-21-61(85(109)33-83(59)107)49(73-28-77(53)101(125)40-97(73)121)13-2-9-45(57)71-27-72(46)96(120)39-95(71)119;;;;;;;;;;;;;;;;;;;;;;;;/h19-54,103-126H,1-18H2;;;;;;;;;;;;;;;;;;;;;;;;/t43-,44+,45?,46?,47+,48-,49?,50?,51-,52+,53?,54?;;;;;;;;;;;;;;;;;;;;;;;;. The van der Waals surface area contributed by atoms with Crippen LogP contribution in [0.2, 0.25) is 0 Å². The molecule has 12 aromatic carbocycles. The number of rotatable bonds is 0. The van der Waals surface area contributed by atoms with E-state index in [-0.39, 0.29) is 869 Å². The molecule has 150 heavy (non-hydrogen) atoms. The average molecular weight is 5990 g/mol. The molecule has 0 spiro atoms. The van der Waals surface area contributed by atoms with Gasteiger partial charge >= 0.3 is 0 Å². The molecule has 7 aliphatic carbocycles. The van der Waals surface area contributed by atoms with E-state index in [0.29, 0.717) is 0 Å². The molecule has 48 heteroatoms. The zero-order chi connectivity index (χ0) is 88.3. The van der Waals surface area contributed by atoms with Gasteiger partial charge in [-0.2, -0.15) is 0 Å². The third kappa shape index (κ3) is 33.4. The molecule has 19 rings (SSSR count). The molecule has 36 bridgehead atoms. The van der Waals surface area contributed by atoms with E-state index in [1.807, 2.05) is 0 Å². The van der Waals surface area contributed by atoms with E-state index in [0.717, 1.165) is 72.8 Å². The maximum atomic E-state index is 13.0. The van der Waals surface area contributed by atoms with Gasteiger partial charge in [-0.3, -0.25) is 0 Å². The van der Waals surface area contributed by atoms with Crippen LogP contribution < -0.4 is 0 Å². The molecule has 0 atom stereocenters. The fraction of sp³-hybridized carbons (Fsp3) is 0.294. The van der Waals surface area contributed by atoms with Crippen molar-refractivity contribution in [2.24, 2.45) is 0 Å². The van der Waals surface area contributed by atoms with Gasteiger partial charge in [-0.05, 0) is 150 Å². The van der Waals surface area contributed by atoms with Crippen molar-refractivity contribution in [2.45, 2.75) is 187 Å². The molecule has 0 saturated carbocycles. The van der Waals surface area contributed by atoms with E-state index in [1.165, 1.54) is 36.4 Å². The van der Waals surface area contributed by atoms with Crippen LogP contribution in [0.25, 0.3) is 0 Å². The summed E-state index contributed by atoms with van der Waals surface area (Å²) in [6.45, 7) is 0. The summed E-state index contributed by atoms with van der Waals surface area (Å²) in [6, 6.07) is 31.7. The first-order valence-corrected chi connectivity index (χ1v) is 43.1. The summed E-state index contributed by atoms with van der Waals surface area (Å²) in [6.07, 6.45) is -1.32. The first kappa shape index (κ1) is 167. The predicted octanol–water partition coefficient (Wildman–Crippen LogP) is 19.6. The van der Waals surface area contributed by atoms with Crippen molar-refractivity contribution in [1.82, 2.24) is 0 Å². The fourth-order valence-electron chi connectivity index (χ4n) is 22.9. The second-order valence-corrected chi connectivity index (χ2v) is 35.9. The molecule has 0 aromatic heterocycles. The summed E-state index contributed by atoms with van der Waals surface area (Å²) in [4.78, 5) is 0. The Morgan fingerprint density at radius 3 is 0.180 bits per heavy atom. The minimum atomic E-state index is -1.22. The van der Waals surface area contributed by atoms with Gasteiger partial charge in [0.05, 0.1) is 0 Å². The van der Waals surface area contributed by atoms with Crippen LogP contribution in [0.4, 0.5) is 0 Å². The van der Waals surface area contributed by atoms with Crippen molar-refractivity contribution in [3.05, 3.63) is 279 Å². The van der Waals surface area contributed by atoms with E-state index in [9.17, 15) is 123 Å². The summed E-state index contributed by atoms with van der Waals surface area (Å²) in [5.74, 6) is -27.0. The summed E-state index contributed by atoms with van der Waals surface area (Å²) >= 11 is 0. The van der Waals surface area contributed by atoms with Crippen molar-refractivity contribution in [1.29, 1.82) is 0 Å². The summed E-state index contributed by atoms with van der Waals surface area (Å²) in [5.41, 5.74) is 1.38. The predicted molar refractivity (Wildman–Crippen MR) is 462 cm³/mol. The van der Waals surface area contributed by atoms with Gasteiger partial charge in [-0.25, -0.2) is 0 Å². The second kappa shape index (κ2) is 71.3. The van der Waals surface area contributed by atoms with Crippen molar-refractivity contribution in [2.75, 3.05) is 0 Å². The van der Waals surface area contributed by atoms with Gasteiger partial charge < -0.3 is 123 Å². The van der Waals surface area contributed by atoms with Crippen LogP contribution in [0.5, 0.6) is 138 Å². The maximum absolute atomic E-state index is 13.0. The summed E-state index contributed by atoms with van der Waals surface area (Å²) < 4.78 is 0. The van der Waals surface area contributed by atoms with Gasteiger partial charge in [-0.15, -0.1) is 0 Å². The Morgan fingerprint density at radius 2 is 0.133 bits per heavy atom. The average Bonchev–Trinajstić information content (AvgIpc) is 0.749. The Balaban J connectivity index is -0.00000216. The number of benzene rings is 12. The molecule has 12 aromatic rings. The number of fused-ring (bicyclic) bond motifs is 24. The molecule has 0 fully saturated rings. The molecule has 24 nitrogen and oxygen atoms in total. The van der Waals surface area contributed by atoms with E-state index >= 15 is 0 Å². The Morgan fingerprint density at radius 1 is 0.0867 bits per heavy atom. The van der Waals surface area contributed by atoms with Crippen LogP contribution >= 0.6 is 0 Å². The van der Waals surface area contributed by atoms with E-state index in [2.05, 4.69) is 0 Å². The Labute approximate surface area is 1320 Å². The molecule has 0 amide bonds. The normalized spacial score (nSPS) is 18.9. The minimum absolute atomic E-state index is 0. The minimum Gasteiger partial charge on any atom is -0.508 e. The van der Waals surface area contributed by atoms with E-state index in [1.54, 1.807) is 36.4 Å². The molecule has 0 aliphatic heterocycles. The van der Waals surface area contributed by atoms with Crippen molar-refractivity contribution in [3.8, 4) is 138 Å². The zero-order valence-corrected chi connectivity index (χ0v) is 166. The first-order chi connectivity index (χ1) is 60.4. The Bertz CT molecular complexity index is 5270. The molecule has 0 heterocycles. The molecule has 744 valence electrons. The van der Waals surface area contributed by atoms with Crippen molar-refractivity contribution >= 4 is 0 Å². The van der Waals surface area contributed by atoms with Gasteiger partial charge in [0.25, 0.3) is 0 Å². The monoisotopic (exact) mass is 6020 g/mol. The molecule has 0 unspecified atom stereocenters. The molecule has 7 aliphatic rings. The van der Waals surface area contributed by atoms with Gasteiger partial charge in [0.1, 0.15) is 138 Å². The van der Waals surface area contributed by atoms with Crippen LogP contribution in [0.1, 0.15) is 320 Å². The van der Waals surface area contributed by atoms with Crippen LogP contribution in [-0.2, 0) is 620 Å². The molecular weight excluding hydrogens is 5890 g/mol. The second-order valence-electron chi connectivity index (χ2n) is 35.9. The van der Waals surface area contributed by atoms with E-state index < -0.39 is 209 Å². The summed E-state index contributed by atoms with van der Waals surface area (Å²) in [5, 5.41) is 310. The van der Waals surface area contributed by atoms with Crippen LogP contribution in [0.3, 0.4) is 0 Å². The quantitative estimate of drug-likeness (QED) is 0.0627. The smallest absolute Gasteiger partial charge is 0.123 e. The number of aromatic hydroxyl groups is 24. The van der Waals surface area contributed by atoms with Crippen LogP contribution in [0, 0.1) is 0 Å². The third-order valence-corrected chi connectivity index (χ3v) is 29.0. The number of hydrogen-bond acceptors (Lipinski definition) is 24. The van der Waals surface area contributed by atoms with Gasteiger partial charge in [0.2, 0.25) is 0 Å². The van der Waals surface area contributed by atoms with Gasteiger partial charge in [0.15, 0.2) is 0 Å². The van der Waals surface area contributed by atoms with Gasteiger partial charge in [-0.1, -0.05) is 38.5 Å². The molecule has 0 saturated heterocycles. The van der Waals surface area contributed by atoms with Crippen molar-refractivity contribution < 1.29 is 743 Å². The number of phenols is 24. The van der Waals surface area contributed by atoms with E-state index in [4.69, 9.17) is 0 Å². The Kier molecular flexibility index (Phi) is 79.5. The third-order valence-electron chi connectivity index (χ3n) is 29.0. The first-order valence-electron chi connectivity index (χ1n) is 43.1. The molecule has 0 radical (unpaired) electrons. The fourth-order valence-corrected chi connectivity index (χ4v) is 22.9. The number of hydrogen-bond donors (Lipinski definition) is 24. The van der Waals surface area contributed by atoms with Crippen LogP contribution in [-0.4, -0.2) is 123 Å². The number of phenolic OH excluding ortho intramolecular Hbond substituents is 24. The maximum Gasteiger partial charge on any atom is 0.123 e. The van der Waals surface area contributed by atoms with Crippen LogP contribution in [0.15, 0.2) is 146 Å². The SMILES string of the molecule is Oc1cc(O)c2cc1C1CCCC3c4cc(c(O)cc4O)C4CCCC5c6cc(c(O)cc6O)C6CCCC2c2cc(c(O)cc2O)[C@H]2CCC[C@@H](c7cc1c(O)cc7O)c1cc(c(O)cc1O)[C@H](CCC[C@@H](c1cc4c(O)cc1O)c1cc(c(O)cc1O)[C@H](CCC[C@@H](c1cc6c(O)cc1O)c1cc2c(O)cc1O)c1cc5c(O)cc1O)c1cc3c(O)cc1O.[Hf].[Hf].[Hf].[Hf].[Hf].[Hf].[Hf].[Hf].[Hf].[Hf].[Hf].[Hf].[Hf].[Hf].[Hf].[Hf].[Hf].[Hf].[Hf].[Hf].[Hf].[Hf].[Hf].[Hf]. The summed E-state index contributed by atoms with van der Waals surface area (Å²) in [7, 11) is 0. The van der Waals surface area contributed by atoms with Gasteiger partial charge in [0, 0.05) is 898 Å². The molecule has 24 N–H and O–H groups in total. The van der Waals surface area contributed by atoms with Crippen molar-refractivity contribution in [3.63, 3.8) is 0 Å². The largest absolute Gasteiger partial charge is 0.508 e. The topological polar surface area (TPSA) is 486 Å². The zero-order valence-electron chi connectivity index (χ0n) is 80.2. The molecular formula is C102H96Hf24O24.